The summed E-state index contributed by atoms with van der Waals surface area (Å²) in [5.74, 6) is 1.14. The number of benzene rings is 1. The van der Waals surface area contributed by atoms with Gasteiger partial charge in [0.2, 0.25) is 0 Å². The Kier molecular flexibility index (Phi) is 7.28. The highest BCUT2D eigenvalue weighted by molar-refractivity contribution is 5.33. The summed E-state index contributed by atoms with van der Waals surface area (Å²) in [4.78, 5) is 15.6. The Morgan fingerprint density at radius 3 is 2.70 bits per heavy atom. The van der Waals surface area contributed by atoms with Gasteiger partial charge in [-0.2, -0.15) is 0 Å². The fourth-order valence-corrected chi connectivity index (χ4v) is 4.35. The largest absolute Gasteiger partial charge is 0.492 e. The van der Waals surface area contributed by atoms with Crippen molar-refractivity contribution in [3.63, 3.8) is 0 Å². The number of β-amino-alcohol motifs (C(OH)–C–C–N with tert-alkyl or cyclic N) is 1. The van der Waals surface area contributed by atoms with E-state index in [0.717, 1.165) is 63.7 Å². The van der Waals surface area contributed by atoms with Crippen molar-refractivity contribution in [2.24, 2.45) is 5.92 Å². The van der Waals surface area contributed by atoms with Crippen molar-refractivity contribution < 1.29 is 9.84 Å². The number of para-hydroxylation sites is 1. The number of ether oxygens (including phenoxy) is 1. The molecule has 7 heteroatoms. The molecule has 1 aromatic carbocycles. The van der Waals surface area contributed by atoms with E-state index in [1.165, 1.54) is 5.56 Å². The zero-order valence-electron chi connectivity index (χ0n) is 17.9. The average Bonchev–Trinajstić information content (AvgIpc) is 3.10. The third kappa shape index (κ3) is 5.76. The molecular formula is C23H33N5O2. The van der Waals surface area contributed by atoms with E-state index in [4.69, 9.17) is 4.74 Å². The Labute approximate surface area is 179 Å². The fourth-order valence-electron chi connectivity index (χ4n) is 4.35. The number of aromatic nitrogens is 2. The molecule has 2 aliphatic rings. The molecule has 2 fully saturated rings. The first-order chi connectivity index (χ1) is 14.7. The van der Waals surface area contributed by atoms with Crippen molar-refractivity contribution in [1.82, 2.24) is 24.7 Å². The number of aliphatic hydroxyl groups is 1. The van der Waals surface area contributed by atoms with E-state index in [1.54, 1.807) is 18.6 Å². The molecule has 0 unspecified atom stereocenters. The molecule has 0 saturated carbocycles. The van der Waals surface area contributed by atoms with Crippen LogP contribution < -0.4 is 4.74 Å². The molecule has 162 valence electrons. The second kappa shape index (κ2) is 10.3. The summed E-state index contributed by atoms with van der Waals surface area (Å²) in [6, 6.07) is 8.28. The molecule has 30 heavy (non-hydrogen) atoms. The predicted octanol–water partition coefficient (Wildman–Crippen LogP) is 1.14. The molecule has 0 radical (unpaired) electrons. The van der Waals surface area contributed by atoms with Crippen LogP contribution in [0.15, 0.2) is 42.9 Å². The summed E-state index contributed by atoms with van der Waals surface area (Å²) in [6.45, 7) is 8.48. The minimum Gasteiger partial charge on any atom is -0.492 e. The minimum absolute atomic E-state index is 0.187. The third-order valence-corrected chi connectivity index (χ3v) is 6.20. The zero-order chi connectivity index (χ0) is 20.8. The highest BCUT2D eigenvalue weighted by Crippen LogP contribution is 2.26. The Bertz CT molecular complexity index is 782. The van der Waals surface area contributed by atoms with E-state index in [0.29, 0.717) is 13.2 Å². The number of likely N-dealkylation sites (N-methyl/N-ethyl adjacent to an activating group) is 1. The van der Waals surface area contributed by atoms with Crippen LogP contribution in [0.25, 0.3) is 0 Å². The molecule has 0 amide bonds. The van der Waals surface area contributed by atoms with Gasteiger partial charge in [-0.25, -0.2) is 0 Å². The quantitative estimate of drug-likeness (QED) is 0.699. The van der Waals surface area contributed by atoms with Crippen LogP contribution >= 0.6 is 0 Å². The number of aliphatic hydroxyl groups excluding tert-OH is 1. The van der Waals surface area contributed by atoms with E-state index < -0.39 is 0 Å². The summed E-state index contributed by atoms with van der Waals surface area (Å²) in [7, 11) is 2.18. The van der Waals surface area contributed by atoms with Crippen LogP contribution in [0.2, 0.25) is 0 Å². The number of piperazine rings is 1. The Hall–Kier alpha value is -2.06. The van der Waals surface area contributed by atoms with Crippen LogP contribution in [-0.2, 0) is 13.0 Å². The molecule has 1 N–H and O–H groups in total. The number of rotatable bonds is 8. The highest BCUT2D eigenvalue weighted by Gasteiger charge is 2.32. The van der Waals surface area contributed by atoms with Gasteiger partial charge in [0.1, 0.15) is 12.4 Å². The molecule has 4 rings (SSSR count). The Morgan fingerprint density at radius 2 is 1.90 bits per heavy atom. The molecular weight excluding hydrogens is 378 g/mol. The second-order valence-electron chi connectivity index (χ2n) is 8.52. The van der Waals surface area contributed by atoms with Gasteiger partial charge in [0, 0.05) is 82.4 Å². The number of hydrogen-bond acceptors (Lipinski definition) is 7. The third-order valence-electron chi connectivity index (χ3n) is 6.20. The van der Waals surface area contributed by atoms with Crippen molar-refractivity contribution in [2.45, 2.75) is 19.1 Å². The summed E-state index contributed by atoms with van der Waals surface area (Å²) in [6.07, 6.45) is 5.61. The van der Waals surface area contributed by atoms with Gasteiger partial charge < -0.3 is 14.7 Å². The van der Waals surface area contributed by atoms with Gasteiger partial charge in [-0.1, -0.05) is 18.2 Å². The first kappa shape index (κ1) is 21.2. The van der Waals surface area contributed by atoms with Crippen molar-refractivity contribution in [2.75, 3.05) is 59.5 Å². The average molecular weight is 412 g/mol. The lowest BCUT2D eigenvalue weighted by atomic mass is 10.0. The lowest BCUT2D eigenvalue weighted by molar-refractivity contribution is 0.132. The molecule has 1 aromatic heterocycles. The Morgan fingerprint density at radius 1 is 1.07 bits per heavy atom. The van der Waals surface area contributed by atoms with Crippen LogP contribution in [0.3, 0.4) is 0 Å². The molecule has 3 heterocycles. The zero-order valence-corrected chi connectivity index (χ0v) is 17.9. The lowest BCUT2D eigenvalue weighted by Gasteiger charge is -2.32. The van der Waals surface area contributed by atoms with E-state index in [9.17, 15) is 5.11 Å². The summed E-state index contributed by atoms with van der Waals surface area (Å²) in [5.41, 5.74) is 2.12. The van der Waals surface area contributed by atoms with E-state index in [-0.39, 0.29) is 12.0 Å². The second-order valence-corrected chi connectivity index (χ2v) is 8.52. The maximum absolute atomic E-state index is 10.5. The van der Waals surface area contributed by atoms with Crippen molar-refractivity contribution in [3.8, 4) is 5.75 Å². The predicted molar refractivity (Wildman–Crippen MR) is 116 cm³/mol. The van der Waals surface area contributed by atoms with E-state index in [1.807, 2.05) is 6.07 Å². The molecule has 0 aliphatic carbocycles. The molecule has 2 saturated heterocycles. The van der Waals surface area contributed by atoms with Gasteiger partial charge in [0.15, 0.2) is 0 Å². The van der Waals surface area contributed by atoms with Crippen molar-refractivity contribution in [3.05, 3.63) is 54.1 Å². The number of likely N-dealkylation sites (tertiary alicyclic amines) is 1. The molecule has 0 spiro atoms. The monoisotopic (exact) mass is 411 g/mol. The fraction of sp³-hybridized carbons (Fsp3) is 0.565. The normalized spacial score (nSPS) is 23.7. The molecule has 2 aromatic rings. The maximum Gasteiger partial charge on any atom is 0.123 e. The molecule has 7 nitrogen and oxygen atoms in total. The highest BCUT2D eigenvalue weighted by atomic mass is 16.5. The van der Waals surface area contributed by atoms with E-state index >= 15 is 0 Å². The van der Waals surface area contributed by atoms with Crippen LogP contribution in [0.5, 0.6) is 5.75 Å². The van der Waals surface area contributed by atoms with Gasteiger partial charge in [0.05, 0.1) is 11.8 Å². The van der Waals surface area contributed by atoms with Crippen LogP contribution in [0, 0.1) is 5.92 Å². The number of nitrogens with zero attached hydrogens (tertiary/aromatic N) is 5. The van der Waals surface area contributed by atoms with Crippen molar-refractivity contribution >= 4 is 0 Å². The molecule has 2 aliphatic heterocycles. The van der Waals surface area contributed by atoms with Crippen LogP contribution in [0.4, 0.5) is 0 Å². The van der Waals surface area contributed by atoms with Gasteiger partial charge >= 0.3 is 0 Å². The summed E-state index contributed by atoms with van der Waals surface area (Å²) in [5, 5.41) is 10.5. The van der Waals surface area contributed by atoms with Crippen molar-refractivity contribution in [1.29, 1.82) is 0 Å². The van der Waals surface area contributed by atoms with Crippen LogP contribution in [-0.4, -0.2) is 95.3 Å². The topological polar surface area (TPSA) is 65.0 Å². The van der Waals surface area contributed by atoms with Crippen LogP contribution in [0.1, 0.15) is 11.3 Å². The Balaban J connectivity index is 1.28. The summed E-state index contributed by atoms with van der Waals surface area (Å²) >= 11 is 0. The van der Waals surface area contributed by atoms with E-state index in [2.05, 4.69) is 49.9 Å². The SMILES string of the molecule is CN1CCN(CCOc2ccccc2CN2C[C@@H](Cc3cnccn3)[C@H](O)C2)CC1. The lowest BCUT2D eigenvalue weighted by Crippen LogP contribution is -2.45. The first-order valence-electron chi connectivity index (χ1n) is 10.9. The standard InChI is InChI=1S/C23H33N5O2/c1-26-8-10-27(11-9-26)12-13-30-23-5-3-2-4-19(23)16-28-17-20(22(29)18-28)14-21-15-24-6-7-25-21/h2-7,15,20,22,29H,8-14,16-18H2,1H3/t20-,22-/m1/s1. The smallest absolute Gasteiger partial charge is 0.123 e. The number of hydrogen-bond donors (Lipinski definition) is 1. The van der Waals surface area contributed by atoms with Gasteiger partial charge in [0.25, 0.3) is 0 Å². The first-order valence-corrected chi connectivity index (χ1v) is 10.9. The minimum atomic E-state index is -0.336. The maximum atomic E-state index is 10.5. The summed E-state index contributed by atoms with van der Waals surface area (Å²) < 4.78 is 6.16. The molecule has 0 bridgehead atoms. The van der Waals surface area contributed by atoms with Gasteiger partial charge in [-0.15, -0.1) is 0 Å². The van der Waals surface area contributed by atoms with Gasteiger partial charge in [-0.05, 0) is 19.5 Å². The van der Waals surface area contributed by atoms with Gasteiger partial charge in [-0.3, -0.25) is 19.8 Å². The molecule has 2 atom stereocenters.